The lowest BCUT2D eigenvalue weighted by Crippen LogP contribution is -2.05. The van der Waals surface area contributed by atoms with E-state index in [1.165, 1.54) is 0 Å². The lowest BCUT2D eigenvalue weighted by molar-refractivity contribution is 0.262. The molecule has 6 heteroatoms. The van der Waals surface area contributed by atoms with Gasteiger partial charge in [0.2, 0.25) is 0 Å². The monoisotopic (exact) mass is 183 g/mol. The molecule has 0 heterocycles. The molecule has 0 aromatic rings. The van der Waals surface area contributed by atoms with E-state index in [0.717, 1.165) is 12.8 Å². The molecule has 68 valence electrons. The molecule has 5 nitrogen and oxygen atoms in total. The summed E-state index contributed by atoms with van der Waals surface area (Å²) < 4.78 is 32.1. The van der Waals surface area contributed by atoms with E-state index in [1.807, 2.05) is 0 Å². The second-order valence-corrected chi connectivity index (χ2v) is 3.19. The van der Waals surface area contributed by atoms with Gasteiger partial charge in [-0.2, -0.15) is 8.42 Å². The molecule has 0 unspecified atom stereocenters. The third-order valence-corrected chi connectivity index (χ3v) is 1.55. The molecule has 0 fully saturated rings. The summed E-state index contributed by atoms with van der Waals surface area (Å²) in [6, 6.07) is 0. The zero-order valence-electron chi connectivity index (χ0n) is 6.19. The van der Waals surface area contributed by atoms with Crippen LogP contribution in [0.1, 0.15) is 19.3 Å². The van der Waals surface area contributed by atoms with Crippen molar-refractivity contribution in [3.05, 3.63) is 0 Å². The minimum Gasteiger partial charge on any atom is -0.330 e. The Morgan fingerprint density at radius 1 is 1.27 bits per heavy atom. The molecular weight excluding hydrogens is 170 g/mol. The van der Waals surface area contributed by atoms with Crippen molar-refractivity contribution in [2.24, 2.45) is 5.73 Å². The molecule has 0 aliphatic carbocycles. The Bertz CT molecular complexity index is 177. The Hall–Kier alpha value is -0.170. The van der Waals surface area contributed by atoms with Crippen LogP contribution in [0.15, 0.2) is 0 Å². The summed E-state index contributed by atoms with van der Waals surface area (Å²) in [5, 5.41) is 0. The molecule has 0 saturated heterocycles. The van der Waals surface area contributed by atoms with Gasteiger partial charge in [-0.25, -0.2) is 4.18 Å². The van der Waals surface area contributed by atoms with Crippen molar-refractivity contribution < 1.29 is 17.2 Å². The maximum absolute atomic E-state index is 9.97. The minimum atomic E-state index is -4.24. The average molecular weight is 183 g/mol. The van der Waals surface area contributed by atoms with Crippen LogP contribution < -0.4 is 5.73 Å². The fourth-order valence-corrected chi connectivity index (χ4v) is 0.916. The molecule has 0 bridgehead atoms. The number of nitrogens with two attached hydrogens (primary N) is 1. The summed E-state index contributed by atoms with van der Waals surface area (Å²) in [5.41, 5.74) is 5.19. The van der Waals surface area contributed by atoms with Crippen LogP contribution >= 0.6 is 0 Å². The zero-order chi connectivity index (χ0) is 8.74. The zero-order valence-corrected chi connectivity index (χ0v) is 7.01. The van der Waals surface area contributed by atoms with Crippen molar-refractivity contribution >= 4 is 10.4 Å². The minimum absolute atomic E-state index is 0.0266. The summed E-state index contributed by atoms with van der Waals surface area (Å²) in [7, 11) is -4.24. The van der Waals surface area contributed by atoms with Gasteiger partial charge >= 0.3 is 10.4 Å². The molecule has 0 radical (unpaired) electrons. The van der Waals surface area contributed by atoms with E-state index in [4.69, 9.17) is 10.3 Å². The molecule has 0 rings (SSSR count). The first-order valence-corrected chi connectivity index (χ1v) is 4.74. The van der Waals surface area contributed by atoms with Crippen molar-refractivity contribution in [1.29, 1.82) is 0 Å². The second-order valence-electron chi connectivity index (χ2n) is 2.10. The van der Waals surface area contributed by atoms with Crippen molar-refractivity contribution in [3.63, 3.8) is 0 Å². The van der Waals surface area contributed by atoms with E-state index in [-0.39, 0.29) is 6.61 Å². The Kier molecular flexibility index (Phi) is 5.39. The molecular formula is C5H13NO4S. The predicted molar refractivity (Wildman–Crippen MR) is 40.4 cm³/mol. The molecule has 0 atom stereocenters. The Balaban J connectivity index is 3.16. The first-order valence-electron chi connectivity index (χ1n) is 3.38. The molecule has 3 N–H and O–H groups in total. The normalized spacial score (nSPS) is 11.8. The Morgan fingerprint density at radius 2 is 1.91 bits per heavy atom. The van der Waals surface area contributed by atoms with Crippen molar-refractivity contribution in [1.82, 2.24) is 0 Å². The van der Waals surface area contributed by atoms with E-state index in [9.17, 15) is 8.42 Å². The van der Waals surface area contributed by atoms with Gasteiger partial charge in [-0.15, -0.1) is 0 Å². The van der Waals surface area contributed by atoms with Gasteiger partial charge in [-0.05, 0) is 25.8 Å². The van der Waals surface area contributed by atoms with Crippen LogP contribution in [0.3, 0.4) is 0 Å². The highest BCUT2D eigenvalue weighted by molar-refractivity contribution is 7.80. The molecule has 0 aromatic heterocycles. The fourth-order valence-electron chi connectivity index (χ4n) is 0.587. The van der Waals surface area contributed by atoms with E-state index >= 15 is 0 Å². The fraction of sp³-hybridized carbons (Fsp3) is 1.00. The number of hydrogen-bond donors (Lipinski definition) is 2. The predicted octanol–water partition coefficient (Wildman–Crippen LogP) is -0.0652. The van der Waals surface area contributed by atoms with Gasteiger partial charge in [-0.3, -0.25) is 4.55 Å². The van der Waals surface area contributed by atoms with Crippen molar-refractivity contribution in [2.45, 2.75) is 19.3 Å². The van der Waals surface area contributed by atoms with Crippen molar-refractivity contribution in [2.75, 3.05) is 13.2 Å². The number of hydrogen-bond acceptors (Lipinski definition) is 4. The summed E-state index contributed by atoms with van der Waals surface area (Å²) in [6.07, 6.45) is 2.25. The van der Waals surface area contributed by atoms with Crippen LogP contribution in [-0.4, -0.2) is 26.1 Å². The van der Waals surface area contributed by atoms with Gasteiger partial charge in [0.1, 0.15) is 0 Å². The molecule has 0 amide bonds. The summed E-state index contributed by atoms with van der Waals surface area (Å²) in [5.74, 6) is 0. The number of rotatable bonds is 6. The molecule has 0 aromatic carbocycles. The maximum atomic E-state index is 9.97. The lowest BCUT2D eigenvalue weighted by atomic mass is 10.2. The Labute approximate surface area is 66.5 Å². The van der Waals surface area contributed by atoms with Gasteiger partial charge in [0, 0.05) is 0 Å². The standard InChI is InChI=1S/C5H13NO4S/c6-4-2-1-3-5-10-11(7,8)9/h1-6H2,(H,7,8,9). The quantitative estimate of drug-likeness (QED) is 0.444. The SMILES string of the molecule is NCCCCCOS(=O)(=O)O. The smallest absolute Gasteiger partial charge is 0.330 e. The van der Waals surface area contributed by atoms with Crippen molar-refractivity contribution in [3.8, 4) is 0 Å². The molecule has 11 heavy (non-hydrogen) atoms. The van der Waals surface area contributed by atoms with Gasteiger partial charge in [-0.1, -0.05) is 0 Å². The third-order valence-electron chi connectivity index (χ3n) is 1.08. The van der Waals surface area contributed by atoms with Crippen LogP contribution in [0.25, 0.3) is 0 Å². The third kappa shape index (κ3) is 9.83. The highest BCUT2D eigenvalue weighted by Gasteiger charge is 2.01. The van der Waals surface area contributed by atoms with Crippen LogP contribution in [0.4, 0.5) is 0 Å². The number of unbranched alkanes of at least 4 members (excludes halogenated alkanes) is 2. The van der Waals surface area contributed by atoms with E-state index in [2.05, 4.69) is 4.18 Å². The van der Waals surface area contributed by atoms with Gasteiger partial charge in [0.25, 0.3) is 0 Å². The molecule has 0 saturated carbocycles. The van der Waals surface area contributed by atoms with Crippen LogP contribution in [0.5, 0.6) is 0 Å². The van der Waals surface area contributed by atoms with Crippen LogP contribution in [-0.2, 0) is 14.6 Å². The lowest BCUT2D eigenvalue weighted by Gasteiger charge is -1.98. The summed E-state index contributed by atoms with van der Waals surface area (Å²) in [4.78, 5) is 0. The highest BCUT2D eigenvalue weighted by Crippen LogP contribution is 1.96. The topological polar surface area (TPSA) is 89.6 Å². The Morgan fingerprint density at radius 3 is 2.36 bits per heavy atom. The first-order chi connectivity index (χ1) is 5.06. The van der Waals surface area contributed by atoms with Gasteiger partial charge in [0.05, 0.1) is 6.61 Å². The summed E-state index contributed by atoms with van der Waals surface area (Å²) in [6.45, 7) is 0.616. The highest BCUT2D eigenvalue weighted by atomic mass is 32.3. The van der Waals surface area contributed by atoms with Crippen LogP contribution in [0, 0.1) is 0 Å². The van der Waals surface area contributed by atoms with Gasteiger partial charge in [0.15, 0.2) is 0 Å². The van der Waals surface area contributed by atoms with E-state index in [0.29, 0.717) is 13.0 Å². The first kappa shape index (κ1) is 10.8. The largest absolute Gasteiger partial charge is 0.397 e. The van der Waals surface area contributed by atoms with E-state index in [1.54, 1.807) is 0 Å². The molecule has 0 aliphatic heterocycles. The average Bonchev–Trinajstić information content (AvgIpc) is 1.85. The maximum Gasteiger partial charge on any atom is 0.397 e. The van der Waals surface area contributed by atoms with Crippen LogP contribution in [0.2, 0.25) is 0 Å². The summed E-state index contributed by atoms with van der Waals surface area (Å²) >= 11 is 0. The molecule has 0 spiro atoms. The molecule has 0 aliphatic rings. The second kappa shape index (κ2) is 5.48. The van der Waals surface area contributed by atoms with E-state index < -0.39 is 10.4 Å². The van der Waals surface area contributed by atoms with Gasteiger partial charge < -0.3 is 5.73 Å².